The minimum atomic E-state index is 0.195. The second-order valence-corrected chi connectivity index (χ2v) is 7.75. The molecule has 0 amide bonds. The lowest BCUT2D eigenvalue weighted by molar-refractivity contribution is 0.262. The molecule has 0 radical (unpaired) electrons. The number of nitrogens with one attached hydrogen (secondary N) is 1. The number of hydrogen-bond donors (Lipinski definition) is 3. The van der Waals surface area contributed by atoms with Crippen LogP contribution in [0.4, 0.5) is 11.6 Å². The van der Waals surface area contributed by atoms with Gasteiger partial charge in [0.2, 0.25) is 5.88 Å². The molecule has 1 fully saturated rings. The van der Waals surface area contributed by atoms with Gasteiger partial charge < -0.3 is 19.5 Å². The van der Waals surface area contributed by atoms with Crippen molar-refractivity contribution in [3.8, 4) is 5.88 Å². The minimum absolute atomic E-state index is 0.195. The number of rotatable bonds is 8. The van der Waals surface area contributed by atoms with E-state index in [2.05, 4.69) is 46.2 Å². The third-order valence-electron chi connectivity index (χ3n) is 5.66. The first kappa shape index (κ1) is 20.7. The third kappa shape index (κ3) is 4.32. The van der Waals surface area contributed by atoms with Crippen LogP contribution in [0.15, 0.2) is 30.6 Å². The van der Waals surface area contributed by atoms with Crippen molar-refractivity contribution in [1.82, 2.24) is 19.6 Å². The summed E-state index contributed by atoms with van der Waals surface area (Å²) in [7, 11) is 0. The fraction of sp³-hybridized carbons (Fsp3) is 0.476. The molecule has 3 aromatic rings. The summed E-state index contributed by atoms with van der Waals surface area (Å²) in [6, 6.07) is 6.12. The van der Waals surface area contributed by atoms with E-state index in [0.29, 0.717) is 18.5 Å². The van der Waals surface area contributed by atoms with E-state index in [4.69, 9.17) is 9.17 Å². The summed E-state index contributed by atoms with van der Waals surface area (Å²) in [5, 5.41) is 17.6. The van der Waals surface area contributed by atoms with Gasteiger partial charge in [0.25, 0.3) is 0 Å². The maximum absolute atomic E-state index is 9.51. The van der Waals surface area contributed by atoms with Crippen molar-refractivity contribution in [3.63, 3.8) is 0 Å². The van der Waals surface area contributed by atoms with Crippen LogP contribution < -0.4 is 14.4 Å². The average Bonchev–Trinajstić information content (AvgIpc) is 3.21. The van der Waals surface area contributed by atoms with Gasteiger partial charge in [-0.3, -0.25) is 0 Å². The van der Waals surface area contributed by atoms with Crippen LogP contribution in [0, 0.1) is 0 Å². The summed E-state index contributed by atoms with van der Waals surface area (Å²) in [4.78, 5) is 11.5. The van der Waals surface area contributed by atoms with E-state index in [0.717, 1.165) is 60.6 Å². The Kier molecular flexibility index (Phi) is 6.59. The Morgan fingerprint density at radius 3 is 2.93 bits per heavy atom. The predicted molar refractivity (Wildman–Crippen MR) is 120 cm³/mol. The van der Waals surface area contributed by atoms with E-state index in [-0.39, 0.29) is 6.61 Å². The summed E-state index contributed by atoms with van der Waals surface area (Å²) < 4.78 is 6.70. The van der Waals surface area contributed by atoms with Gasteiger partial charge in [0.15, 0.2) is 5.65 Å². The number of anilines is 2. The number of piperidine rings is 1. The van der Waals surface area contributed by atoms with Crippen molar-refractivity contribution < 1.29 is 9.29 Å². The molecule has 1 aliphatic heterocycles. The number of aromatic nitrogens is 4. The largest absolute Gasteiger partial charge is 0.409 e. The molecule has 0 unspecified atom stereocenters. The molecule has 8 nitrogen and oxygen atoms in total. The molecule has 4 heterocycles. The summed E-state index contributed by atoms with van der Waals surface area (Å²) in [6.45, 7) is 3.86. The van der Waals surface area contributed by atoms with Crippen molar-refractivity contribution in [3.05, 3.63) is 41.7 Å². The maximum Gasteiger partial charge on any atom is 0.227 e. The molecule has 4 rings (SSSR count). The lowest BCUT2D eigenvalue weighted by atomic mass is 9.99. The fourth-order valence-corrected chi connectivity index (χ4v) is 4.14. The number of pyridine rings is 1. The molecule has 0 saturated carbocycles. The van der Waals surface area contributed by atoms with Gasteiger partial charge in [-0.25, -0.2) is 9.97 Å². The molecule has 1 aliphatic rings. The number of thiol groups is 1. The first-order valence-electron chi connectivity index (χ1n) is 10.5. The summed E-state index contributed by atoms with van der Waals surface area (Å²) in [6.07, 6.45) is 8.71. The Labute approximate surface area is 181 Å². The van der Waals surface area contributed by atoms with Gasteiger partial charge in [0.1, 0.15) is 11.6 Å². The van der Waals surface area contributed by atoms with Crippen LogP contribution in [-0.4, -0.2) is 43.9 Å². The van der Waals surface area contributed by atoms with Crippen LogP contribution >= 0.6 is 12.9 Å². The van der Waals surface area contributed by atoms with Gasteiger partial charge in [0.05, 0.1) is 6.20 Å². The lowest BCUT2D eigenvalue weighted by Gasteiger charge is -2.36. The van der Waals surface area contributed by atoms with E-state index in [1.54, 1.807) is 12.3 Å². The van der Waals surface area contributed by atoms with Crippen molar-refractivity contribution in [2.75, 3.05) is 23.4 Å². The predicted octanol–water partition coefficient (Wildman–Crippen LogP) is 3.26. The Hall–Kier alpha value is -2.52. The fourth-order valence-electron chi connectivity index (χ4n) is 4.03. The third-order valence-corrected chi connectivity index (χ3v) is 5.85. The summed E-state index contributed by atoms with van der Waals surface area (Å²) >= 11 is 3.77. The second kappa shape index (κ2) is 9.53. The van der Waals surface area contributed by atoms with Gasteiger partial charge >= 0.3 is 0 Å². The highest BCUT2D eigenvalue weighted by molar-refractivity contribution is 7.75. The van der Waals surface area contributed by atoms with E-state index >= 15 is 0 Å². The average molecular weight is 429 g/mol. The monoisotopic (exact) mass is 428 g/mol. The highest BCUT2D eigenvalue weighted by Gasteiger charge is 2.24. The van der Waals surface area contributed by atoms with Crippen LogP contribution in [0.3, 0.4) is 0 Å². The van der Waals surface area contributed by atoms with E-state index < -0.39 is 0 Å². The molecule has 0 aromatic carbocycles. The number of hydrogen-bond acceptors (Lipinski definition) is 8. The second-order valence-electron chi connectivity index (χ2n) is 7.56. The lowest BCUT2D eigenvalue weighted by Crippen LogP contribution is -2.40. The molecular weight excluding hydrogens is 400 g/mol. The zero-order valence-electron chi connectivity index (χ0n) is 17.2. The quantitative estimate of drug-likeness (QED) is 0.375. The number of aryl methyl sites for hydroxylation is 1. The van der Waals surface area contributed by atoms with Crippen molar-refractivity contribution in [2.24, 2.45) is 0 Å². The Morgan fingerprint density at radius 1 is 1.30 bits per heavy atom. The maximum atomic E-state index is 9.51. The normalized spacial score (nSPS) is 16.8. The standard InChI is InChI=1S/C21H28N6O2S/c1-2-16-14-24-27-18(22-12-15-6-7-20(29-30)23-13-15)11-19(25-21(16)27)26-9-4-3-5-17(26)8-10-28/h6-7,11,13-14,17,22,28,30H,2-5,8-10,12H2,1H3/t17-/m0/s1. The zero-order chi connectivity index (χ0) is 20.9. The van der Waals surface area contributed by atoms with E-state index in [9.17, 15) is 5.11 Å². The number of aliphatic hydroxyl groups excluding tert-OH is 1. The molecular formula is C21H28N6O2S. The highest BCUT2D eigenvalue weighted by atomic mass is 32.1. The first-order chi connectivity index (χ1) is 14.7. The Bertz CT molecular complexity index is 976. The summed E-state index contributed by atoms with van der Waals surface area (Å²) in [5.74, 6) is 2.29. The van der Waals surface area contributed by atoms with E-state index in [1.165, 1.54) is 6.42 Å². The van der Waals surface area contributed by atoms with Crippen molar-refractivity contribution in [2.45, 2.75) is 51.6 Å². The van der Waals surface area contributed by atoms with Gasteiger partial charge in [-0.05, 0) is 37.7 Å². The minimum Gasteiger partial charge on any atom is -0.409 e. The van der Waals surface area contributed by atoms with E-state index in [1.807, 2.05) is 16.8 Å². The Morgan fingerprint density at radius 2 is 2.20 bits per heavy atom. The van der Waals surface area contributed by atoms with Gasteiger partial charge in [0, 0.05) is 62.5 Å². The molecule has 0 bridgehead atoms. The van der Waals surface area contributed by atoms with Gasteiger partial charge in [-0.15, -0.1) is 0 Å². The zero-order valence-corrected chi connectivity index (χ0v) is 18.1. The molecule has 1 saturated heterocycles. The molecule has 2 N–H and O–H groups in total. The summed E-state index contributed by atoms with van der Waals surface area (Å²) in [5.41, 5.74) is 3.02. The number of fused-ring (bicyclic) bond motifs is 1. The topological polar surface area (TPSA) is 87.8 Å². The highest BCUT2D eigenvalue weighted by Crippen LogP contribution is 2.29. The Balaban J connectivity index is 1.66. The van der Waals surface area contributed by atoms with Gasteiger partial charge in [-0.2, -0.15) is 9.61 Å². The van der Waals surface area contributed by atoms with Crippen LogP contribution in [0.5, 0.6) is 5.88 Å². The van der Waals surface area contributed by atoms with Crippen LogP contribution in [0.25, 0.3) is 5.65 Å². The van der Waals surface area contributed by atoms with Crippen molar-refractivity contribution in [1.29, 1.82) is 0 Å². The molecule has 1 atom stereocenters. The molecule has 3 aromatic heterocycles. The number of aliphatic hydroxyl groups is 1. The van der Waals surface area contributed by atoms with Crippen molar-refractivity contribution >= 4 is 30.2 Å². The SMILES string of the molecule is CCc1cnn2c(NCc3ccc(OS)nc3)cc(N3CCCC[C@H]3CCO)nc12. The van der Waals surface area contributed by atoms with Crippen LogP contribution in [-0.2, 0) is 13.0 Å². The first-order valence-corrected chi connectivity index (χ1v) is 10.9. The molecule has 0 spiro atoms. The van der Waals surface area contributed by atoms with Crippen LogP contribution in [0.1, 0.15) is 43.7 Å². The number of nitrogens with zero attached hydrogens (tertiary/aromatic N) is 5. The van der Waals surface area contributed by atoms with Crippen LogP contribution in [0.2, 0.25) is 0 Å². The molecule has 160 valence electrons. The molecule has 9 heteroatoms. The molecule has 0 aliphatic carbocycles. The molecule has 30 heavy (non-hydrogen) atoms. The smallest absolute Gasteiger partial charge is 0.227 e. The van der Waals surface area contributed by atoms with Gasteiger partial charge in [-0.1, -0.05) is 13.0 Å².